The van der Waals surface area contributed by atoms with Crippen molar-refractivity contribution in [3.8, 4) is 12.3 Å². The molecule has 0 heterocycles. The zero-order valence-electron chi connectivity index (χ0n) is 10.4. The quantitative estimate of drug-likeness (QED) is 0.769. The summed E-state index contributed by atoms with van der Waals surface area (Å²) < 4.78 is 0. The van der Waals surface area contributed by atoms with Gasteiger partial charge >= 0.3 is 6.03 Å². The normalized spacial score (nSPS) is 15.7. The van der Waals surface area contributed by atoms with Gasteiger partial charge in [-0.3, -0.25) is 0 Å². The number of nitrogens with one attached hydrogen (secondary N) is 2. The van der Waals surface area contributed by atoms with E-state index in [1.165, 1.54) is 19.3 Å². The molecule has 18 heavy (non-hydrogen) atoms. The zero-order chi connectivity index (χ0) is 12.8. The fraction of sp³-hybridized carbons (Fsp3) is 0.400. The highest BCUT2D eigenvalue weighted by molar-refractivity contribution is 5.89. The molecule has 94 valence electrons. The molecule has 2 rings (SSSR count). The van der Waals surface area contributed by atoms with Crippen LogP contribution in [0.1, 0.15) is 37.7 Å². The molecule has 0 saturated heterocycles. The van der Waals surface area contributed by atoms with Gasteiger partial charge < -0.3 is 10.6 Å². The third-order valence-electron chi connectivity index (χ3n) is 3.25. The van der Waals surface area contributed by atoms with Gasteiger partial charge in [-0.2, -0.15) is 0 Å². The number of anilines is 1. The van der Waals surface area contributed by atoms with Crippen molar-refractivity contribution >= 4 is 11.7 Å². The van der Waals surface area contributed by atoms with Crippen molar-refractivity contribution in [2.45, 2.75) is 38.1 Å². The second-order valence-electron chi connectivity index (χ2n) is 4.66. The smallest absolute Gasteiger partial charge is 0.319 e. The minimum Gasteiger partial charge on any atom is -0.335 e. The maximum Gasteiger partial charge on any atom is 0.319 e. The fourth-order valence-corrected chi connectivity index (χ4v) is 2.25. The largest absolute Gasteiger partial charge is 0.335 e. The topological polar surface area (TPSA) is 41.1 Å². The molecule has 0 radical (unpaired) electrons. The SMILES string of the molecule is C#Cc1ccc(NC(=O)NC2CCCCC2)cc1. The summed E-state index contributed by atoms with van der Waals surface area (Å²) in [5, 5.41) is 5.83. The monoisotopic (exact) mass is 242 g/mol. The molecule has 1 aromatic carbocycles. The Balaban J connectivity index is 1.84. The van der Waals surface area contributed by atoms with Crippen LogP contribution in [-0.4, -0.2) is 12.1 Å². The standard InChI is InChI=1S/C15H18N2O/c1-2-12-8-10-14(11-9-12)17-15(18)16-13-6-4-3-5-7-13/h1,8-11,13H,3-7H2,(H2,16,17,18). The fourth-order valence-electron chi connectivity index (χ4n) is 2.25. The van der Waals surface area contributed by atoms with Crippen molar-refractivity contribution in [3.63, 3.8) is 0 Å². The molecule has 3 heteroatoms. The van der Waals surface area contributed by atoms with Gasteiger partial charge in [-0.25, -0.2) is 4.79 Å². The van der Waals surface area contributed by atoms with E-state index in [1.54, 1.807) is 0 Å². The van der Waals surface area contributed by atoms with Crippen LogP contribution in [0.15, 0.2) is 24.3 Å². The van der Waals surface area contributed by atoms with Gasteiger partial charge in [0.05, 0.1) is 0 Å². The maximum absolute atomic E-state index is 11.8. The summed E-state index contributed by atoms with van der Waals surface area (Å²) in [6.45, 7) is 0. The first-order valence-corrected chi connectivity index (χ1v) is 6.42. The molecule has 0 spiro atoms. The number of carbonyl (C=O) groups is 1. The Morgan fingerprint density at radius 3 is 2.44 bits per heavy atom. The average Bonchev–Trinajstić information content (AvgIpc) is 2.40. The lowest BCUT2D eigenvalue weighted by molar-refractivity contribution is 0.244. The first-order chi connectivity index (χ1) is 8.78. The van der Waals surface area contributed by atoms with Crippen LogP contribution in [0.5, 0.6) is 0 Å². The van der Waals surface area contributed by atoms with E-state index in [2.05, 4.69) is 16.6 Å². The van der Waals surface area contributed by atoms with Crippen molar-refractivity contribution in [3.05, 3.63) is 29.8 Å². The number of hydrogen-bond acceptors (Lipinski definition) is 1. The molecule has 3 nitrogen and oxygen atoms in total. The molecule has 2 N–H and O–H groups in total. The Morgan fingerprint density at radius 1 is 1.17 bits per heavy atom. The van der Waals surface area contributed by atoms with Crippen molar-refractivity contribution in [1.82, 2.24) is 5.32 Å². The predicted molar refractivity (Wildman–Crippen MR) is 73.4 cm³/mol. The van der Waals surface area contributed by atoms with Crippen LogP contribution in [0.3, 0.4) is 0 Å². The van der Waals surface area contributed by atoms with E-state index in [-0.39, 0.29) is 6.03 Å². The number of terminal acetylenes is 1. The minimum absolute atomic E-state index is 0.129. The van der Waals surface area contributed by atoms with Crippen LogP contribution >= 0.6 is 0 Å². The minimum atomic E-state index is -0.129. The van der Waals surface area contributed by atoms with Gasteiger partial charge in [-0.15, -0.1) is 6.42 Å². The van der Waals surface area contributed by atoms with Gasteiger partial charge in [0.15, 0.2) is 0 Å². The van der Waals surface area contributed by atoms with Gasteiger partial charge in [-0.1, -0.05) is 25.2 Å². The lowest BCUT2D eigenvalue weighted by Gasteiger charge is -2.22. The van der Waals surface area contributed by atoms with E-state index in [9.17, 15) is 4.79 Å². The summed E-state index contributed by atoms with van der Waals surface area (Å²) in [5.74, 6) is 2.54. The van der Waals surface area contributed by atoms with Gasteiger partial charge in [0.25, 0.3) is 0 Å². The summed E-state index contributed by atoms with van der Waals surface area (Å²) in [4.78, 5) is 11.8. The van der Waals surface area contributed by atoms with Gasteiger partial charge in [-0.05, 0) is 37.1 Å². The molecule has 2 amide bonds. The van der Waals surface area contributed by atoms with Crippen LogP contribution in [0.2, 0.25) is 0 Å². The summed E-state index contributed by atoms with van der Waals surface area (Å²) in [5.41, 5.74) is 1.58. The molecule has 1 aromatic rings. The molecule has 0 bridgehead atoms. The second-order valence-corrected chi connectivity index (χ2v) is 4.66. The Morgan fingerprint density at radius 2 is 1.83 bits per heavy atom. The summed E-state index contributed by atoms with van der Waals surface area (Å²) >= 11 is 0. The Bertz CT molecular complexity index is 439. The number of carbonyl (C=O) groups excluding carboxylic acids is 1. The van der Waals surface area contributed by atoms with Crippen LogP contribution in [-0.2, 0) is 0 Å². The van der Waals surface area contributed by atoms with E-state index < -0.39 is 0 Å². The zero-order valence-corrected chi connectivity index (χ0v) is 10.4. The Hall–Kier alpha value is -1.95. The van der Waals surface area contributed by atoms with Crippen LogP contribution < -0.4 is 10.6 Å². The third-order valence-corrected chi connectivity index (χ3v) is 3.25. The molecule has 1 aliphatic rings. The molecule has 0 aliphatic heterocycles. The number of hydrogen-bond donors (Lipinski definition) is 2. The highest BCUT2D eigenvalue weighted by Gasteiger charge is 2.15. The first-order valence-electron chi connectivity index (χ1n) is 6.42. The predicted octanol–water partition coefficient (Wildman–Crippen LogP) is 3.12. The van der Waals surface area contributed by atoms with Crippen molar-refractivity contribution in [2.24, 2.45) is 0 Å². The van der Waals surface area contributed by atoms with Gasteiger partial charge in [0.2, 0.25) is 0 Å². The molecule has 1 fully saturated rings. The number of amides is 2. The van der Waals surface area contributed by atoms with E-state index in [4.69, 9.17) is 6.42 Å². The van der Waals surface area contributed by atoms with E-state index >= 15 is 0 Å². The van der Waals surface area contributed by atoms with Crippen molar-refractivity contribution < 1.29 is 4.79 Å². The van der Waals surface area contributed by atoms with Crippen molar-refractivity contribution in [2.75, 3.05) is 5.32 Å². The number of rotatable bonds is 2. The molecule has 1 aliphatic carbocycles. The lowest BCUT2D eigenvalue weighted by Crippen LogP contribution is -2.38. The van der Waals surface area contributed by atoms with E-state index in [0.717, 1.165) is 24.1 Å². The average molecular weight is 242 g/mol. The highest BCUT2D eigenvalue weighted by atomic mass is 16.2. The number of benzene rings is 1. The second kappa shape index (κ2) is 6.11. The third kappa shape index (κ3) is 3.53. The summed E-state index contributed by atoms with van der Waals surface area (Å²) in [6, 6.07) is 7.46. The van der Waals surface area contributed by atoms with E-state index in [0.29, 0.717) is 6.04 Å². The molecular weight excluding hydrogens is 224 g/mol. The molecule has 0 aromatic heterocycles. The number of urea groups is 1. The van der Waals surface area contributed by atoms with Gasteiger partial charge in [0, 0.05) is 17.3 Å². The lowest BCUT2D eigenvalue weighted by atomic mass is 9.96. The van der Waals surface area contributed by atoms with Crippen LogP contribution in [0.25, 0.3) is 0 Å². The molecule has 1 saturated carbocycles. The summed E-state index contributed by atoms with van der Waals surface area (Å²) in [6.07, 6.45) is 11.2. The van der Waals surface area contributed by atoms with Crippen LogP contribution in [0, 0.1) is 12.3 Å². The van der Waals surface area contributed by atoms with Crippen LogP contribution in [0.4, 0.5) is 10.5 Å². The van der Waals surface area contributed by atoms with E-state index in [1.807, 2.05) is 24.3 Å². The first kappa shape index (κ1) is 12.5. The summed E-state index contributed by atoms with van der Waals surface area (Å²) in [7, 11) is 0. The molecular formula is C15H18N2O. The highest BCUT2D eigenvalue weighted by Crippen LogP contribution is 2.17. The van der Waals surface area contributed by atoms with Crippen molar-refractivity contribution in [1.29, 1.82) is 0 Å². The van der Waals surface area contributed by atoms with Gasteiger partial charge in [0.1, 0.15) is 0 Å². The Labute approximate surface area is 108 Å². The maximum atomic E-state index is 11.8. The molecule has 0 unspecified atom stereocenters. The Kier molecular flexibility index (Phi) is 4.25. The molecule has 0 atom stereocenters.